The van der Waals surface area contributed by atoms with Crippen LogP contribution >= 0.6 is 15.8 Å². The molecule has 3 aromatic rings. The van der Waals surface area contributed by atoms with Crippen LogP contribution in [0.2, 0.25) is 0 Å². The van der Waals surface area contributed by atoms with Crippen molar-refractivity contribution in [2.75, 3.05) is 26.2 Å². The summed E-state index contributed by atoms with van der Waals surface area (Å²) in [4.78, 5) is 0. The highest BCUT2D eigenvalue weighted by atomic mass is 31.1. The van der Waals surface area contributed by atoms with E-state index < -0.39 is 0 Å². The highest BCUT2D eigenvalue weighted by Crippen LogP contribution is 2.80. The Morgan fingerprint density at radius 2 is 0.889 bits per heavy atom. The zero-order valence-electron chi connectivity index (χ0n) is 33.0. The molecule has 2 nitrogen and oxygen atoms in total. The molecule has 10 fully saturated rings. The molecule has 2 atom stereocenters. The maximum atomic E-state index is 3.90. The van der Waals surface area contributed by atoms with E-state index in [9.17, 15) is 0 Å². The van der Waals surface area contributed by atoms with Gasteiger partial charge in [0.15, 0.2) is 0 Å². The maximum absolute atomic E-state index is 3.90. The van der Waals surface area contributed by atoms with Crippen LogP contribution in [0.15, 0.2) is 72.8 Å². The van der Waals surface area contributed by atoms with Crippen LogP contribution in [0.3, 0.4) is 0 Å². The zero-order chi connectivity index (χ0) is 35.7. The van der Waals surface area contributed by atoms with Crippen molar-refractivity contribution in [3.8, 4) is 22.3 Å². The lowest BCUT2D eigenvalue weighted by atomic mass is 9.55. The second-order valence-electron chi connectivity index (χ2n) is 20.4. The van der Waals surface area contributed by atoms with Gasteiger partial charge in [-0.1, -0.05) is 76.5 Å². The average Bonchev–Trinajstić information content (AvgIpc) is 3.19. The first kappa shape index (κ1) is 35.6. The van der Waals surface area contributed by atoms with Crippen LogP contribution in [0.5, 0.6) is 0 Å². The van der Waals surface area contributed by atoms with E-state index in [-0.39, 0.29) is 15.8 Å². The average molecular weight is 757 g/mol. The third kappa shape index (κ3) is 6.62. The van der Waals surface area contributed by atoms with Gasteiger partial charge in [0.25, 0.3) is 0 Å². The summed E-state index contributed by atoms with van der Waals surface area (Å²) in [5.74, 6) is 6.25. The minimum atomic E-state index is -0.132. The summed E-state index contributed by atoms with van der Waals surface area (Å²) < 4.78 is 0. The molecule has 0 spiro atoms. The smallest absolute Gasteiger partial charge is 0.00191 e. The molecule has 4 heteroatoms. The molecule has 2 heterocycles. The van der Waals surface area contributed by atoms with Crippen molar-refractivity contribution in [1.29, 1.82) is 0 Å². The SMILES string of the molecule is c1ccc(-c2cc(CP(C3CCCNC3)C3CCCNC3)c(CP(C34CC5CC(CC(C5)C3)C4)C34CC5CC(CC(C5)C3)C4)cc2-c2ccccc2)cc1. The fraction of sp³-hybridized carbons (Fsp3) is 0.640. The molecule has 2 aliphatic heterocycles. The van der Waals surface area contributed by atoms with E-state index in [4.69, 9.17) is 0 Å². The van der Waals surface area contributed by atoms with Crippen molar-refractivity contribution in [1.82, 2.24) is 10.6 Å². The Balaban J connectivity index is 1.07. The van der Waals surface area contributed by atoms with Crippen molar-refractivity contribution >= 4 is 15.8 Å². The Hall–Kier alpha value is -1.56. The van der Waals surface area contributed by atoms with Gasteiger partial charge in [0, 0.05) is 13.1 Å². The molecular formula is C50H66N2P2. The molecule has 3 aromatic carbocycles. The summed E-state index contributed by atoms with van der Waals surface area (Å²) in [5, 5.41) is 9.12. The van der Waals surface area contributed by atoms with Crippen LogP contribution in [0.25, 0.3) is 22.3 Å². The normalized spacial score (nSPS) is 39.1. The molecule has 286 valence electrons. The molecule has 2 N–H and O–H groups in total. The summed E-state index contributed by atoms with van der Waals surface area (Å²) in [6.07, 6.45) is 27.4. The Labute approximate surface area is 329 Å². The van der Waals surface area contributed by atoms with Crippen molar-refractivity contribution in [2.45, 2.75) is 137 Å². The third-order valence-electron chi connectivity index (χ3n) is 16.8. The van der Waals surface area contributed by atoms with Gasteiger partial charge >= 0.3 is 0 Å². The number of hydrogen-bond donors (Lipinski definition) is 2. The lowest BCUT2D eigenvalue weighted by Gasteiger charge is -2.67. The predicted octanol–water partition coefficient (Wildman–Crippen LogP) is 12.4. The van der Waals surface area contributed by atoms with E-state index in [2.05, 4.69) is 83.4 Å². The van der Waals surface area contributed by atoms with Crippen molar-refractivity contribution in [3.05, 3.63) is 83.9 Å². The van der Waals surface area contributed by atoms with E-state index in [0.29, 0.717) is 10.3 Å². The number of nitrogens with one attached hydrogen (secondary N) is 2. The summed E-state index contributed by atoms with van der Waals surface area (Å²) in [6.45, 7) is 4.94. The van der Waals surface area contributed by atoms with Crippen LogP contribution in [-0.2, 0) is 12.3 Å². The molecule has 13 rings (SSSR count). The Morgan fingerprint density at radius 1 is 0.500 bits per heavy atom. The zero-order valence-corrected chi connectivity index (χ0v) is 34.8. The Morgan fingerprint density at radius 3 is 1.26 bits per heavy atom. The van der Waals surface area contributed by atoms with Crippen molar-refractivity contribution in [3.63, 3.8) is 0 Å². The minimum absolute atomic E-state index is 0.118. The maximum Gasteiger partial charge on any atom is 0.00191 e. The minimum Gasteiger partial charge on any atom is -0.316 e. The van der Waals surface area contributed by atoms with Crippen LogP contribution in [0.4, 0.5) is 0 Å². The summed E-state index contributed by atoms with van der Waals surface area (Å²) in [6, 6.07) is 28.8. The van der Waals surface area contributed by atoms with Gasteiger partial charge in [-0.3, -0.25) is 0 Å². The van der Waals surface area contributed by atoms with E-state index >= 15 is 0 Å². The molecule has 2 saturated heterocycles. The lowest BCUT2D eigenvalue weighted by molar-refractivity contribution is 0.0184. The third-order valence-corrected chi connectivity index (χ3v) is 24.3. The van der Waals surface area contributed by atoms with Gasteiger partial charge in [0.05, 0.1) is 0 Å². The molecule has 54 heavy (non-hydrogen) atoms. The van der Waals surface area contributed by atoms with E-state index in [1.54, 1.807) is 82.6 Å². The highest BCUT2D eigenvalue weighted by molar-refractivity contribution is 7.60. The van der Waals surface area contributed by atoms with Crippen LogP contribution < -0.4 is 10.6 Å². The highest BCUT2D eigenvalue weighted by Gasteiger charge is 2.62. The van der Waals surface area contributed by atoms with Gasteiger partial charge < -0.3 is 10.6 Å². The molecule has 8 saturated carbocycles. The molecule has 2 unspecified atom stereocenters. The molecule has 8 aliphatic carbocycles. The Kier molecular flexibility index (Phi) is 9.67. The van der Waals surface area contributed by atoms with Gasteiger partial charge in [-0.15, -0.1) is 0 Å². The summed E-state index contributed by atoms with van der Waals surface area (Å²) in [7, 11) is -0.249. The fourth-order valence-corrected chi connectivity index (χ4v) is 24.2. The van der Waals surface area contributed by atoms with Crippen molar-refractivity contribution < 1.29 is 0 Å². The van der Waals surface area contributed by atoms with Gasteiger partial charge in [-0.05, 0) is 231 Å². The van der Waals surface area contributed by atoms with Crippen LogP contribution in [0.1, 0.15) is 114 Å². The molecular weight excluding hydrogens is 691 g/mol. The van der Waals surface area contributed by atoms with E-state index in [0.717, 1.165) is 46.8 Å². The quantitative estimate of drug-likeness (QED) is 0.201. The standard InChI is InChI=1S/C50H66N2P2/c1-3-9-41(10-4-1)47-23-43(33-53(45-13-7-15-51-31-45)46-14-8-16-52-32-46)44(24-48(47)42-11-5-2-6-12-42)34-54(49-25-35-17-36(26-49)19-37(18-35)27-49)50-28-38-20-39(29-50)22-40(21-38)30-50/h1-6,9-12,23-24,35-40,45-46,51-52H,7-8,13-22,25-34H2. The number of piperidine rings is 2. The number of hydrogen-bond acceptors (Lipinski definition) is 2. The molecule has 8 bridgehead atoms. The monoisotopic (exact) mass is 756 g/mol. The van der Waals surface area contributed by atoms with Gasteiger partial charge in [-0.25, -0.2) is 0 Å². The van der Waals surface area contributed by atoms with Crippen molar-refractivity contribution in [2.24, 2.45) is 35.5 Å². The largest absolute Gasteiger partial charge is 0.316 e. The molecule has 0 amide bonds. The van der Waals surface area contributed by atoms with Gasteiger partial charge in [0.1, 0.15) is 0 Å². The second-order valence-corrected chi connectivity index (χ2v) is 26.3. The van der Waals surface area contributed by atoms with Gasteiger partial charge in [-0.2, -0.15) is 0 Å². The van der Waals surface area contributed by atoms with E-state index in [1.165, 1.54) is 86.4 Å². The number of rotatable bonds is 10. The molecule has 0 radical (unpaired) electrons. The molecule has 0 aromatic heterocycles. The van der Waals surface area contributed by atoms with Crippen LogP contribution in [-0.4, -0.2) is 47.8 Å². The second kappa shape index (κ2) is 14.7. The first-order chi connectivity index (χ1) is 26.6. The first-order valence-electron chi connectivity index (χ1n) is 22.8. The first-order valence-corrected chi connectivity index (χ1v) is 26.0. The summed E-state index contributed by atoms with van der Waals surface area (Å²) >= 11 is 0. The fourth-order valence-electron chi connectivity index (χ4n) is 15.5. The predicted molar refractivity (Wildman–Crippen MR) is 232 cm³/mol. The summed E-state index contributed by atoms with van der Waals surface area (Å²) in [5.41, 5.74) is 11.1. The lowest BCUT2D eigenvalue weighted by Crippen LogP contribution is -2.56. The van der Waals surface area contributed by atoms with Gasteiger partial charge in [0.2, 0.25) is 0 Å². The van der Waals surface area contributed by atoms with E-state index in [1.807, 2.05) is 5.56 Å². The number of benzene rings is 3. The Bertz CT molecular complexity index is 1640. The molecule has 10 aliphatic rings. The topological polar surface area (TPSA) is 24.1 Å². The van der Waals surface area contributed by atoms with Crippen LogP contribution in [0, 0.1) is 35.5 Å².